The van der Waals surface area contributed by atoms with Gasteiger partial charge in [-0.25, -0.2) is 4.39 Å². The molecule has 1 heterocycles. The Balaban J connectivity index is 1.61. The van der Waals surface area contributed by atoms with Gasteiger partial charge >= 0.3 is 0 Å². The van der Waals surface area contributed by atoms with Gasteiger partial charge in [0.15, 0.2) is 11.5 Å². The van der Waals surface area contributed by atoms with Gasteiger partial charge in [-0.3, -0.25) is 20.4 Å². The summed E-state index contributed by atoms with van der Waals surface area (Å²) in [5.74, 6) is -0.952. The lowest BCUT2D eigenvalue weighted by Gasteiger charge is -2.07. The lowest BCUT2D eigenvalue weighted by Crippen LogP contribution is -2.41. The normalized spacial score (nSPS) is 10.3. The number of nitrogens with zero attached hydrogens (tertiary/aromatic N) is 1. The Kier molecular flexibility index (Phi) is 5.46. The zero-order valence-corrected chi connectivity index (χ0v) is 14.4. The number of carbonyl (C=O) groups excluding carboxylic acids is 2. The van der Waals surface area contributed by atoms with Gasteiger partial charge in [0.05, 0.1) is 12.2 Å². The fourth-order valence-corrected chi connectivity index (χ4v) is 2.29. The molecule has 0 saturated heterocycles. The number of aromatic nitrogens is 1. The fourth-order valence-electron chi connectivity index (χ4n) is 2.29. The van der Waals surface area contributed by atoms with E-state index in [1.54, 1.807) is 36.4 Å². The van der Waals surface area contributed by atoms with Crippen LogP contribution in [0.5, 0.6) is 5.75 Å². The minimum Gasteiger partial charge on any atom is -0.494 e. The lowest BCUT2D eigenvalue weighted by atomic mass is 10.1. The molecule has 1 aromatic heterocycles. The van der Waals surface area contributed by atoms with Crippen molar-refractivity contribution in [2.45, 2.75) is 6.92 Å². The molecule has 27 heavy (non-hydrogen) atoms. The second-order valence-electron chi connectivity index (χ2n) is 5.42. The van der Waals surface area contributed by atoms with Gasteiger partial charge in [-0.2, -0.15) is 0 Å². The number of hydrogen-bond donors (Lipinski definition) is 2. The van der Waals surface area contributed by atoms with E-state index in [-0.39, 0.29) is 17.0 Å². The maximum atomic E-state index is 13.7. The van der Waals surface area contributed by atoms with Gasteiger partial charge in [0, 0.05) is 11.6 Å². The van der Waals surface area contributed by atoms with Crippen LogP contribution in [0, 0.1) is 5.82 Å². The van der Waals surface area contributed by atoms with Crippen LogP contribution in [-0.4, -0.2) is 23.6 Å². The highest BCUT2D eigenvalue weighted by molar-refractivity contribution is 5.98. The zero-order valence-electron chi connectivity index (χ0n) is 14.4. The van der Waals surface area contributed by atoms with Crippen molar-refractivity contribution >= 4 is 11.8 Å². The maximum absolute atomic E-state index is 13.7. The number of ether oxygens (including phenoxy) is 1. The number of halogens is 1. The van der Waals surface area contributed by atoms with Crippen molar-refractivity contribution in [3.8, 4) is 17.1 Å². The molecule has 138 valence electrons. The molecule has 0 saturated carbocycles. The second kappa shape index (κ2) is 8.13. The number of hydrogen-bond acceptors (Lipinski definition) is 5. The van der Waals surface area contributed by atoms with Crippen LogP contribution in [-0.2, 0) is 0 Å². The third kappa shape index (κ3) is 4.30. The molecular weight excluding hydrogens is 353 g/mol. The average Bonchev–Trinajstić information content (AvgIpc) is 3.17. The van der Waals surface area contributed by atoms with E-state index in [2.05, 4.69) is 16.0 Å². The van der Waals surface area contributed by atoms with Crippen LogP contribution in [0.15, 0.2) is 59.1 Å². The summed E-state index contributed by atoms with van der Waals surface area (Å²) in [5, 5.41) is 3.59. The summed E-state index contributed by atoms with van der Waals surface area (Å²) in [5.41, 5.74) is 4.93. The van der Waals surface area contributed by atoms with Gasteiger partial charge in [-0.1, -0.05) is 17.3 Å². The smallest absolute Gasteiger partial charge is 0.291 e. The Morgan fingerprint density at radius 3 is 2.48 bits per heavy atom. The minimum absolute atomic E-state index is 0.0970. The molecule has 0 aliphatic rings. The van der Waals surface area contributed by atoms with E-state index in [0.29, 0.717) is 17.9 Å². The third-order valence-corrected chi connectivity index (χ3v) is 3.60. The molecule has 0 aliphatic heterocycles. The molecule has 0 aliphatic carbocycles. The first-order valence-electron chi connectivity index (χ1n) is 8.13. The minimum atomic E-state index is -0.694. The van der Waals surface area contributed by atoms with Crippen molar-refractivity contribution in [3.05, 3.63) is 71.7 Å². The summed E-state index contributed by atoms with van der Waals surface area (Å²) >= 11 is 0. The van der Waals surface area contributed by atoms with Crippen molar-refractivity contribution in [3.63, 3.8) is 0 Å². The molecule has 0 fully saturated rings. The Morgan fingerprint density at radius 1 is 1.07 bits per heavy atom. The van der Waals surface area contributed by atoms with E-state index < -0.39 is 17.6 Å². The Hall–Kier alpha value is -3.68. The summed E-state index contributed by atoms with van der Waals surface area (Å²) in [6.45, 7) is 2.38. The Labute approximate surface area is 154 Å². The number of amides is 2. The van der Waals surface area contributed by atoms with E-state index >= 15 is 0 Å². The van der Waals surface area contributed by atoms with Crippen molar-refractivity contribution < 1.29 is 23.2 Å². The number of carbonyl (C=O) groups is 2. The van der Waals surface area contributed by atoms with Crippen LogP contribution >= 0.6 is 0 Å². The Bertz CT molecular complexity index is 954. The number of rotatable bonds is 5. The van der Waals surface area contributed by atoms with Gasteiger partial charge in [0.25, 0.3) is 11.8 Å². The molecule has 0 atom stereocenters. The molecule has 2 N–H and O–H groups in total. The SMILES string of the molecule is CCOc1ccc(C(=O)NNC(=O)c2cc(-c3ccccc3F)on2)cc1. The van der Waals surface area contributed by atoms with E-state index in [0.717, 1.165) is 0 Å². The molecule has 8 heteroatoms. The fraction of sp³-hybridized carbons (Fsp3) is 0.105. The first-order valence-corrected chi connectivity index (χ1v) is 8.13. The molecule has 0 unspecified atom stereocenters. The molecule has 7 nitrogen and oxygen atoms in total. The van der Waals surface area contributed by atoms with Gasteiger partial charge in [0.2, 0.25) is 0 Å². The summed E-state index contributed by atoms with van der Waals surface area (Å²) in [6, 6.07) is 13.7. The third-order valence-electron chi connectivity index (χ3n) is 3.60. The topological polar surface area (TPSA) is 93.5 Å². The zero-order chi connectivity index (χ0) is 19.2. The number of hydrazine groups is 1. The summed E-state index contributed by atoms with van der Waals surface area (Å²) in [7, 11) is 0. The molecule has 2 amide bonds. The second-order valence-corrected chi connectivity index (χ2v) is 5.42. The summed E-state index contributed by atoms with van der Waals surface area (Å²) < 4.78 is 24.0. The van der Waals surface area contributed by atoms with Crippen LogP contribution in [0.2, 0.25) is 0 Å². The summed E-state index contributed by atoms with van der Waals surface area (Å²) in [4.78, 5) is 24.1. The van der Waals surface area contributed by atoms with Crippen LogP contribution in [0.4, 0.5) is 4.39 Å². The molecule has 0 radical (unpaired) electrons. The monoisotopic (exact) mass is 369 g/mol. The standard InChI is InChI=1S/C19H16FN3O4/c1-2-26-13-9-7-12(8-10-13)18(24)21-22-19(25)16-11-17(27-23-16)14-5-3-4-6-15(14)20/h3-11H,2H2,1H3,(H,21,24)(H,22,25). The van der Waals surface area contributed by atoms with Gasteiger partial charge in [0.1, 0.15) is 11.6 Å². The summed E-state index contributed by atoms with van der Waals surface area (Å²) in [6.07, 6.45) is 0. The molecule has 2 aromatic carbocycles. The van der Waals surface area contributed by atoms with E-state index in [4.69, 9.17) is 9.26 Å². The average molecular weight is 369 g/mol. The van der Waals surface area contributed by atoms with Crippen molar-refractivity contribution in [1.82, 2.24) is 16.0 Å². The largest absolute Gasteiger partial charge is 0.494 e. The predicted molar refractivity (Wildman–Crippen MR) is 94.4 cm³/mol. The predicted octanol–water partition coefficient (Wildman–Crippen LogP) is 2.95. The van der Waals surface area contributed by atoms with Crippen molar-refractivity contribution in [2.75, 3.05) is 6.61 Å². The highest BCUT2D eigenvalue weighted by Gasteiger charge is 2.16. The molecule has 3 rings (SSSR count). The maximum Gasteiger partial charge on any atom is 0.291 e. The van der Waals surface area contributed by atoms with Gasteiger partial charge in [-0.15, -0.1) is 0 Å². The molecule has 0 spiro atoms. The van der Waals surface area contributed by atoms with Crippen LogP contribution in [0.1, 0.15) is 27.8 Å². The van der Waals surface area contributed by atoms with Crippen molar-refractivity contribution in [2.24, 2.45) is 0 Å². The van der Waals surface area contributed by atoms with Crippen molar-refractivity contribution in [1.29, 1.82) is 0 Å². The number of benzene rings is 2. The van der Waals surface area contributed by atoms with Crippen LogP contribution < -0.4 is 15.6 Å². The highest BCUT2D eigenvalue weighted by Crippen LogP contribution is 2.23. The van der Waals surface area contributed by atoms with Gasteiger partial charge < -0.3 is 9.26 Å². The first kappa shape index (κ1) is 18.1. The van der Waals surface area contributed by atoms with E-state index in [1.807, 2.05) is 6.92 Å². The van der Waals surface area contributed by atoms with Crippen LogP contribution in [0.3, 0.4) is 0 Å². The number of nitrogens with one attached hydrogen (secondary N) is 2. The van der Waals surface area contributed by atoms with E-state index in [9.17, 15) is 14.0 Å². The molecular formula is C19H16FN3O4. The quantitative estimate of drug-likeness (QED) is 0.675. The molecule has 3 aromatic rings. The first-order chi connectivity index (χ1) is 13.1. The van der Waals surface area contributed by atoms with Gasteiger partial charge in [-0.05, 0) is 43.3 Å². The highest BCUT2D eigenvalue weighted by atomic mass is 19.1. The lowest BCUT2D eigenvalue weighted by molar-refractivity contribution is 0.0841. The Morgan fingerprint density at radius 2 is 1.78 bits per heavy atom. The van der Waals surface area contributed by atoms with E-state index in [1.165, 1.54) is 18.2 Å². The molecule has 0 bridgehead atoms. The van der Waals surface area contributed by atoms with Crippen LogP contribution in [0.25, 0.3) is 11.3 Å².